The first kappa shape index (κ1) is 21.5. The Bertz CT molecular complexity index is 877. The van der Waals surface area contributed by atoms with Gasteiger partial charge in [0.15, 0.2) is 15.6 Å². The minimum atomic E-state index is -3.20. The first-order valence-electron chi connectivity index (χ1n) is 8.74. The molecule has 27 heavy (non-hydrogen) atoms. The number of nitrogens with zero attached hydrogens (tertiary/aromatic N) is 1. The van der Waals surface area contributed by atoms with Crippen LogP contribution in [0.5, 0.6) is 0 Å². The molecule has 0 saturated carbocycles. The van der Waals surface area contributed by atoms with E-state index in [-0.39, 0.29) is 41.6 Å². The second-order valence-electron chi connectivity index (χ2n) is 6.65. The van der Waals surface area contributed by atoms with Crippen LogP contribution in [0.25, 0.3) is 0 Å². The SMILES string of the molecule is CCc1ccc(C2CNCCN2C(=O)c2ccc(CS(C)(=O)=O)o2)cc1.Cl. The normalized spacial score (nSPS) is 17.4. The summed E-state index contributed by atoms with van der Waals surface area (Å²) >= 11 is 0. The number of carbonyl (C=O) groups is 1. The molecule has 148 valence electrons. The van der Waals surface area contributed by atoms with Crippen LogP contribution in [0.2, 0.25) is 0 Å². The molecule has 6 nitrogen and oxygen atoms in total. The molecule has 1 aromatic carbocycles. The van der Waals surface area contributed by atoms with E-state index in [1.807, 2.05) is 0 Å². The Hall–Kier alpha value is -1.83. The van der Waals surface area contributed by atoms with Gasteiger partial charge in [0.05, 0.1) is 6.04 Å². The summed E-state index contributed by atoms with van der Waals surface area (Å²) in [5.41, 5.74) is 2.33. The van der Waals surface area contributed by atoms with Gasteiger partial charge in [-0.15, -0.1) is 12.4 Å². The third-order valence-corrected chi connectivity index (χ3v) is 5.36. The summed E-state index contributed by atoms with van der Waals surface area (Å²) in [5.74, 6) is 0.0513. The minimum absolute atomic E-state index is 0. The number of piperazine rings is 1. The lowest BCUT2D eigenvalue weighted by molar-refractivity contribution is 0.0600. The minimum Gasteiger partial charge on any atom is -0.455 e. The van der Waals surface area contributed by atoms with E-state index in [0.29, 0.717) is 19.6 Å². The molecule has 2 aromatic rings. The van der Waals surface area contributed by atoms with Crippen LogP contribution in [0, 0.1) is 0 Å². The summed E-state index contributed by atoms with van der Waals surface area (Å²) in [4.78, 5) is 14.7. The van der Waals surface area contributed by atoms with Crippen LogP contribution in [0.15, 0.2) is 40.8 Å². The van der Waals surface area contributed by atoms with E-state index in [0.717, 1.165) is 18.2 Å². The molecule has 3 rings (SSSR count). The molecule has 1 aromatic heterocycles. The maximum atomic E-state index is 12.9. The number of furan rings is 1. The molecular formula is C19H25ClN2O4S. The lowest BCUT2D eigenvalue weighted by Crippen LogP contribution is -2.48. The lowest BCUT2D eigenvalue weighted by atomic mass is 10.0. The van der Waals surface area contributed by atoms with Crippen LogP contribution in [0.4, 0.5) is 0 Å². The standard InChI is InChI=1S/C19H24N2O4S.ClH/c1-3-14-4-6-15(7-5-14)17-12-20-10-11-21(17)19(22)18-9-8-16(25-18)13-26(2,23)24;/h4-9,17,20H,3,10-13H2,1-2H3;1H. The van der Waals surface area contributed by atoms with E-state index in [1.165, 1.54) is 5.56 Å². The van der Waals surface area contributed by atoms with Crippen molar-refractivity contribution in [3.05, 3.63) is 59.0 Å². The number of nitrogens with one attached hydrogen (secondary N) is 1. The average molecular weight is 413 g/mol. The second kappa shape index (κ2) is 8.91. The van der Waals surface area contributed by atoms with Crippen molar-refractivity contribution in [3.63, 3.8) is 0 Å². The highest BCUT2D eigenvalue weighted by atomic mass is 35.5. The van der Waals surface area contributed by atoms with Gasteiger partial charge in [-0.1, -0.05) is 31.2 Å². The third kappa shape index (κ3) is 5.34. The van der Waals surface area contributed by atoms with Crippen molar-refractivity contribution in [1.29, 1.82) is 0 Å². The highest BCUT2D eigenvalue weighted by Gasteiger charge is 2.30. The Kier molecular flexibility index (Phi) is 7.08. The summed E-state index contributed by atoms with van der Waals surface area (Å²) < 4.78 is 28.3. The predicted molar refractivity (Wildman–Crippen MR) is 107 cm³/mol. The number of hydrogen-bond donors (Lipinski definition) is 1. The van der Waals surface area contributed by atoms with Gasteiger partial charge >= 0.3 is 0 Å². The summed E-state index contributed by atoms with van der Waals surface area (Å²) in [6, 6.07) is 11.3. The largest absolute Gasteiger partial charge is 0.455 e. The predicted octanol–water partition coefficient (Wildman–Crippen LogP) is 2.60. The molecule has 0 radical (unpaired) electrons. The molecule has 8 heteroatoms. The van der Waals surface area contributed by atoms with Gasteiger partial charge in [-0.3, -0.25) is 4.79 Å². The van der Waals surface area contributed by atoms with Crippen molar-refractivity contribution in [3.8, 4) is 0 Å². The van der Waals surface area contributed by atoms with Gasteiger partial charge in [0.25, 0.3) is 5.91 Å². The quantitative estimate of drug-likeness (QED) is 0.816. The molecule has 1 N–H and O–H groups in total. The highest BCUT2D eigenvalue weighted by Crippen LogP contribution is 2.25. The smallest absolute Gasteiger partial charge is 0.290 e. The molecular weight excluding hydrogens is 388 g/mol. The van der Waals surface area contributed by atoms with Gasteiger partial charge in [-0.25, -0.2) is 8.42 Å². The number of hydrogen-bond acceptors (Lipinski definition) is 5. The van der Waals surface area contributed by atoms with Crippen LogP contribution >= 0.6 is 12.4 Å². The molecule has 1 amide bonds. The zero-order valence-corrected chi connectivity index (χ0v) is 17.1. The number of benzene rings is 1. The van der Waals surface area contributed by atoms with Crippen molar-refractivity contribution in [2.75, 3.05) is 25.9 Å². The van der Waals surface area contributed by atoms with E-state index >= 15 is 0 Å². The molecule has 0 bridgehead atoms. The van der Waals surface area contributed by atoms with Gasteiger partial charge < -0.3 is 14.6 Å². The van der Waals surface area contributed by atoms with E-state index in [1.54, 1.807) is 17.0 Å². The van der Waals surface area contributed by atoms with E-state index in [2.05, 4.69) is 36.5 Å². The number of amides is 1. The maximum Gasteiger partial charge on any atom is 0.290 e. The number of sulfone groups is 1. The molecule has 1 aliphatic heterocycles. The molecule has 1 atom stereocenters. The molecule has 1 fully saturated rings. The Labute approximate surface area is 166 Å². The highest BCUT2D eigenvalue weighted by molar-refractivity contribution is 7.89. The summed E-state index contributed by atoms with van der Waals surface area (Å²) in [5, 5.41) is 3.33. The zero-order chi connectivity index (χ0) is 18.7. The Morgan fingerprint density at radius 3 is 2.56 bits per heavy atom. The molecule has 0 spiro atoms. The number of rotatable bonds is 5. The third-order valence-electron chi connectivity index (χ3n) is 4.55. The summed E-state index contributed by atoms with van der Waals surface area (Å²) in [6.45, 7) is 4.07. The molecule has 1 aliphatic rings. The lowest BCUT2D eigenvalue weighted by Gasteiger charge is -2.36. The van der Waals surface area contributed by atoms with E-state index in [9.17, 15) is 13.2 Å². The summed E-state index contributed by atoms with van der Waals surface area (Å²) in [7, 11) is -3.20. The fraction of sp³-hybridized carbons (Fsp3) is 0.421. The van der Waals surface area contributed by atoms with Crippen LogP contribution in [-0.2, 0) is 22.0 Å². The van der Waals surface area contributed by atoms with Crippen LogP contribution in [-0.4, -0.2) is 45.1 Å². The van der Waals surface area contributed by atoms with E-state index in [4.69, 9.17) is 4.42 Å². The van der Waals surface area contributed by atoms with Gasteiger partial charge in [0, 0.05) is 25.9 Å². The molecule has 1 unspecified atom stereocenters. The number of aryl methyl sites for hydroxylation is 1. The molecule has 2 heterocycles. The Morgan fingerprint density at radius 2 is 1.93 bits per heavy atom. The second-order valence-corrected chi connectivity index (χ2v) is 8.79. The first-order valence-corrected chi connectivity index (χ1v) is 10.8. The Balaban J connectivity index is 0.00000261. The Morgan fingerprint density at radius 1 is 1.22 bits per heavy atom. The fourth-order valence-electron chi connectivity index (χ4n) is 3.19. The topological polar surface area (TPSA) is 79.6 Å². The zero-order valence-electron chi connectivity index (χ0n) is 15.5. The monoisotopic (exact) mass is 412 g/mol. The van der Waals surface area contributed by atoms with E-state index < -0.39 is 9.84 Å². The number of carbonyl (C=O) groups excluding carboxylic acids is 1. The molecule has 1 saturated heterocycles. The summed E-state index contributed by atoms with van der Waals surface area (Å²) in [6.07, 6.45) is 2.12. The average Bonchev–Trinajstić information content (AvgIpc) is 3.08. The van der Waals surface area contributed by atoms with Crippen molar-refractivity contribution in [2.24, 2.45) is 0 Å². The van der Waals surface area contributed by atoms with Crippen LogP contribution < -0.4 is 5.32 Å². The van der Waals surface area contributed by atoms with Crippen molar-refractivity contribution in [2.45, 2.75) is 25.1 Å². The fourth-order valence-corrected chi connectivity index (χ4v) is 3.86. The molecule has 0 aliphatic carbocycles. The first-order chi connectivity index (χ1) is 12.4. The van der Waals surface area contributed by atoms with Gasteiger partial charge in [0.1, 0.15) is 11.5 Å². The van der Waals surface area contributed by atoms with Crippen molar-refractivity contribution < 1.29 is 17.6 Å². The van der Waals surface area contributed by atoms with Crippen molar-refractivity contribution in [1.82, 2.24) is 10.2 Å². The van der Waals surface area contributed by atoms with Gasteiger partial charge in [-0.2, -0.15) is 0 Å². The van der Waals surface area contributed by atoms with Gasteiger partial charge in [-0.05, 0) is 29.7 Å². The maximum absolute atomic E-state index is 12.9. The van der Waals surface area contributed by atoms with Gasteiger partial charge in [0.2, 0.25) is 0 Å². The van der Waals surface area contributed by atoms with Crippen LogP contribution in [0.3, 0.4) is 0 Å². The van der Waals surface area contributed by atoms with Crippen LogP contribution in [0.1, 0.15) is 40.4 Å². The number of halogens is 1. The van der Waals surface area contributed by atoms with Crippen molar-refractivity contribution >= 4 is 28.2 Å².